The van der Waals surface area contributed by atoms with Crippen molar-refractivity contribution < 1.29 is 5.21 Å². The zero-order valence-corrected chi connectivity index (χ0v) is 3.85. The second-order valence-electron chi connectivity index (χ2n) is 0. The lowest BCUT2D eigenvalue weighted by molar-refractivity contribution is 0.311. The van der Waals surface area contributed by atoms with Crippen LogP contribution in [0, 0.1) is 0 Å². The van der Waals surface area contributed by atoms with Crippen LogP contribution in [0.1, 0.15) is 0 Å². The Labute approximate surface area is 38.6 Å². The highest BCUT2D eigenvalue weighted by atomic mass is 16.4. The molecular formula is C4H11NO. The second kappa shape index (κ2) is 141. The highest BCUT2D eigenvalue weighted by Crippen LogP contribution is 0.864. The third-order valence-electron chi connectivity index (χ3n) is 0. The maximum atomic E-state index is 6.50. The Morgan fingerprint density at radius 2 is 0.833 bits per heavy atom. The van der Waals surface area contributed by atoms with Crippen LogP contribution in [0.25, 0.3) is 0 Å². The predicted molar refractivity (Wildman–Crippen MR) is 28.5 cm³/mol. The van der Waals surface area contributed by atoms with Gasteiger partial charge < -0.3 is 5.21 Å². The first-order valence-electron chi connectivity index (χ1n) is 1.26. The van der Waals surface area contributed by atoms with Crippen molar-refractivity contribution in [2.24, 2.45) is 5.90 Å². The van der Waals surface area contributed by atoms with Crippen LogP contribution in [0.15, 0.2) is 26.3 Å². The largest absolute Gasteiger partial charge is 0.320 e. The molecule has 3 N–H and O–H groups in total. The summed E-state index contributed by atoms with van der Waals surface area (Å²) in [6, 6.07) is 0. The van der Waals surface area contributed by atoms with Crippen LogP contribution in [-0.4, -0.2) is 5.21 Å². The first-order chi connectivity index (χ1) is 3.00. The van der Waals surface area contributed by atoms with Gasteiger partial charge >= 0.3 is 0 Å². The molecule has 6 heavy (non-hydrogen) atoms. The maximum Gasteiger partial charge on any atom is -0.106 e. The van der Waals surface area contributed by atoms with E-state index in [0.717, 1.165) is 0 Å². The molecule has 0 aromatic carbocycles. The van der Waals surface area contributed by atoms with Crippen molar-refractivity contribution in [3.63, 3.8) is 0 Å². The zero-order valence-electron chi connectivity index (χ0n) is 3.85. The monoisotopic (exact) mass is 89.1 g/mol. The molecule has 0 aromatic heterocycles. The summed E-state index contributed by atoms with van der Waals surface area (Å²) in [6.07, 6.45) is 0. The van der Waals surface area contributed by atoms with Crippen molar-refractivity contribution in [2.45, 2.75) is 0 Å². The number of nitrogens with two attached hydrogens (primary N) is 1. The van der Waals surface area contributed by atoms with Gasteiger partial charge in [-0.15, -0.1) is 26.3 Å². The molecule has 0 aliphatic heterocycles. The van der Waals surface area contributed by atoms with Crippen molar-refractivity contribution in [3.8, 4) is 0 Å². The van der Waals surface area contributed by atoms with Gasteiger partial charge in [-0.2, -0.15) is 0 Å². The fourth-order valence-electron chi connectivity index (χ4n) is 0. The van der Waals surface area contributed by atoms with Gasteiger partial charge in [0.2, 0.25) is 0 Å². The molecule has 0 heterocycles. The molecule has 0 bridgehead atoms. The van der Waals surface area contributed by atoms with Gasteiger partial charge in [-0.3, -0.25) is 0 Å². The van der Waals surface area contributed by atoms with Gasteiger partial charge in [0.05, 0.1) is 0 Å². The van der Waals surface area contributed by atoms with E-state index in [1.54, 1.807) is 0 Å². The summed E-state index contributed by atoms with van der Waals surface area (Å²) >= 11 is 0. The minimum Gasteiger partial charge on any atom is -0.320 e. The maximum absolute atomic E-state index is 6.50. The van der Waals surface area contributed by atoms with Gasteiger partial charge in [-0.25, -0.2) is 5.90 Å². The lowest BCUT2D eigenvalue weighted by Gasteiger charge is -1.27. The number of hydrogen-bond donors (Lipinski definition) is 2. The van der Waals surface area contributed by atoms with Crippen LogP contribution in [0.5, 0.6) is 0 Å². The molecule has 0 amide bonds. The van der Waals surface area contributed by atoms with E-state index in [-0.39, 0.29) is 0 Å². The molecule has 0 aliphatic rings. The standard InChI is InChI=1S/2C2H4.H3NO/c3*1-2/h2*1-2H2;2H,1H2. The third-order valence-corrected chi connectivity index (χ3v) is 0. The van der Waals surface area contributed by atoms with Gasteiger partial charge in [0.25, 0.3) is 0 Å². The van der Waals surface area contributed by atoms with E-state index in [0.29, 0.717) is 0 Å². The van der Waals surface area contributed by atoms with Crippen LogP contribution in [0.3, 0.4) is 0 Å². The minimum absolute atomic E-state index is 3.00. The lowest BCUT2D eigenvalue weighted by Crippen LogP contribution is -1.72. The summed E-state index contributed by atoms with van der Waals surface area (Å²) in [6.45, 7) is 12.0. The Morgan fingerprint density at radius 3 is 0.833 bits per heavy atom. The lowest BCUT2D eigenvalue weighted by atomic mass is 11.3. The van der Waals surface area contributed by atoms with Gasteiger partial charge in [0.1, 0.15) is 0 Å². The summed E-state index contributed by atoms with van der Waals surface area (Å²) in [4.78, 5) is 0. The molecule has 0 spiro atoms. The normalized spacial score (nSPS) is 2.33. The fraction of sp³-hybridized carbons (Fsp3) is 0. The molecule has 0 rings (SSSR count). The third kappa shape index (κ3) is 54.4. The summed E-state index contributed by atoms with van der Waals surface area (Å²) in [5, 5.41) is 6.50. The van der Waals surface area contributed by atoms with Crippen LogP contribution in [0.4, 0.5) is 0 Å². The summed E-state index contributed by atoms with van der Waals surface area (Å²) in [7, 11) is 0. The smallest absolute Gasteiger partial charge is 0.106 e. The topological polar surface area (TPSA) is 46.2 Å². The first kappa shape index (κ1) is 18.2. The molecule has 0 fully saturated rings. The highest BCUT2D eigenvalue weighted by molar-refractivity contribution is 4.22. The summed E-state index contributed by atoms with van der Waals surface area (Å²) in [5.74, 6) is 3.50. The fourth-order valence-corrected chi connectivity index (χ4v) is 0. The van der Waals surface area contributed by atoms with Crippen molar-refractivity contribution in [1.29, 1.82) is 0 Å². The van der Waals surface area contributed by atoms with Crippen LogP contribution >= 0.6 is 0 Å². The van der Waals surface area contributed by atoms with Crippen molar-refractivity contribution in [2.75, 3.05) is 0 Å². The second-order valence-corrected chi connectivity index (χ2v) is 0. The molecule has 2 nitrogen and oxygen atoms in total. The minimum atomic E-state index is 3.00. The molecule has 0 aliphatic carbocycles. The van der Waals surface area contributed by atoms with Gasteiger partial charge in [0.15, 0.2) is 0 Å². The molecule has 0 saturated heterocycles. The molecule has 0 aromatic rings. The quantitative estimate of drug-likeness (QED) is 0.342. The zero-order chi connectivity index (χ0) is 6.00. The van der Waals surface area contributed by atoms with Crippen molar-refractivity contribution >= 4 is 0 Å². The molecule has 2 heteroatoms. The Kier molecular flexibility index (Phi) is 427. The molecule has 0 saturated carbocycles. The van der Waals surface area contributed by atoms with E-state index in [9.17, 15) is 0 Å². The van der Waals surface area contributed by atoms with E-state index in [2.05, 4.69) is 32.2 Å². The van der Waals surface area contributed by atoms with Crippen LogP contribution in [-0.2, 0) is 0 Å². The van der Waals surface area contributed by atoms with Crippen LogP contribution in [0.2, 0.25) is 0 Å². The Balaban J connectivity index is -0.0000000225. The summed E-state index contributed by atoms with van der Waals surface area (Å²) < 4.78 is 0. The Hall–Kier alpha value is -0.600. The number of rotatable bonds is 0. The highest BCUT2D eigenvalue weighted by Gasteiger charge is 0.732. The molecule has 38 valence electrons. The Bertz CT molecular complexity index is 9.51. The van der Waals surface area contributed by atoms with E-state index in [1.807, 2.05) is 0 Å². The van der Waals surface area contributed by atoms with E-state index in [4.69, 9.17) is 5.21 Å². The SMILES string of the molecule is C=C.C=C.NO. The molecular weight excluding hydrogens is 78.0 g/mol. The molecule has 0 atom stereocenters. The van der Waals surface area contributed by atoms with E-state index >= 15 is 0 Å². The van der Waals surface area contributed by atoms with Gasteiger partial charge in [-0.05, 0) is 0 Å². The Morgan fingerprint density at radius 1 is 0.833 bits per heavy atom. The van der Waals surface area contributed by atoms with E-state index in [1.165, 1.54) is 0 Å². The average molecular weight is 89.1 g/mol. The molecule has 0 radical (unpaired) electrons. The van der Waals surface area contributed by atoms with E-state index < -0.39 is 0 Å². The number of hydrogen-bond acceptors (Lipinski definition) is 2. The van der Waals surface area contributed by atoms with Crippen LogP contribution < -0.4 is 5.90 Å². The predicted octanol–water partition coefficient (Wildman–Crippen LogP) is 0.939. The van der Waals surface area contributed by atoms with Gasteiger partial charge in [0, 0.05) is 0 Å². The summed E-state index contributed by atoms with van der Waals surface area (Å²) in [5.41, 5.74) is 0. The van der Waals surface area contributed by atoms with Gasteiger partial charge in [-0.1, -0.05) is 0 Å². The first-order valence-corrected chi connectivity index (χ1v) is 1.26. The van der Waals surface area contributed by atoms with Crippen molar-refractivity contribution in [3.05, 3.63) is 26.3 Å². The average Bonchev–Trinajstić information content (AvgIpc) is 1.81. The van der Waals surface area contributed by atoms with Crippen molar-refractivity contribution in [1.82, 2.24) is 0 Å². The molecule has 0 unspecified atom stereocenters.